The highest BCUT2D eigenvalue weighted by Gasteiger charge is 2.20. The number of nitrogens with zero attached hydrogens (tertiary/aromatic N) is 1. The van der Waals surface area contributed by atoms with Crippen LogP contribution in [0.25, 0.3) is 0 Å². The molecular weight excluding hydrogens is 228 g/mol. The molecule has 0 aromatic carbocycles. The van der Waals surface area contributed by atoms with Gasteiger partial charge in [-0.3, -0.25) is 4.79 Å². The molecule has 1 aliphatic rings. The molecule has 0 saturated carbocycles. The van der Waals surface area contributed by atoms with Crippen LogP contribution in [-0.4, -0.2) is 28.2 Å². The number of aromatic nitrogens is 2. The number of anilines is 1. The summed E-state index contributed by atoms with van der Waals surface area (Å²) >= 11 is 5.08. The van der Waals surface area contributed by atoms with Gasteiger partial charge in [-0.25, -0.2) is 0 Å². The van der Waals surface area contributed by atoms with Gasteiger partial charge in [-0.2, -0.15) is 0 Å². The van der Waals surface area contributed by atoms with Crippen LogP contribution in [-0.2, 0) is 11.3 Å². The van der Waals surface area contributed by atoms with Crippen LogP contribution in [0, 0.1) is 4.77 Å². The predicted molar refractivity (Wildman–Crippen MR) is 61.5 cm³/mol. The number of nitrogen functional groups attached to an aromatic ring is 1. The van der Waals surface area contributed by atoms with Gasteiger partial charge < -0.3 is 25.8 Å². The maximum absolute atomic E-state index is 11.0. The Morgan fingerprint density at radius 2 is 2.44 bits per heavy atom. The molecule has 1 fully saturated rings. The van der Waals surface area contributed by atoms with Gasteiger partial charge in [0.15, 0.2) is 4.77 Å². The van der Waals surface area contributed by atoms with Crippen LogP contribution in [0.4, 0.5) is 5.82 Å². The summed E-state index contributed by atoms with van der Waals surface area (Å²) in [6.07, 6.45) is 2.15. The molecular formula is C9H14N4O2S. The Morgan fingerprint density at radius 1 is 1.69 bits per heavy atom. The van der Waals surface area contributed by atoms with Gasteiger partial charge in [0.05, 0.1) is 12.6 Å². The van der Waals surface area contributed by atoms with Gasteiger partial charge in [-0.05, 0) is 25.1 Å². The molecule has 1 aromatic rings. The van der Waals surface area contributed by atoms with Gasteiger partial charge in [-0.1, -0.05) is 0 Å². The molecule has 16 heavy (non-hydrogen) atoms. The Bertz CT molecular complexity index is 459. The molecule has 0 bridgehead atoms. The summed E-state index contributed by atoms with van der Waals surface area (Å²) in [6, 6.07) is 0. The molecule has 6 nitrogen and oxygen atoms in total. The Balaban J connectivity index is 2.26. The van der Waals surface area contributed by atoms with Crippen molar-refractivity contribution in [1.29, 1.82) is 0 Å². The first-order valence-electron chi connectivity index (χ1n) is 5.09. The van der Waals surface area contributed by atoms with Crippen molar-refractivity contribution < 1.29 is 9.53 Å². The summed E-state index contributed by atoms with van der Waals surface area (Å²) in [5, 5.41) is 0. The third kappa shape index (κ3) is 1.96. The van der Waals surface area contributed by atoms with E-state index in [1.54, 1.807) is 4.57 Å². The molecule has 7 heteroatoms. The molecule has 1 aromatic heterocycles. The Hall–Kier alpha value is -1.34. The quantitative estimate of drug-likeness (QED) is 0.668. The molecule has 1 atom stereocenters. The molecule has 0 radical (unpaired) electrons. The first-order chi connectivity index (χ1) is 7.59. The number of carbonyl (C=O) groups is 1. The van der Waals surface area contributed by atoms with Crippen LogP contribution in [0.15, 0.2) is 0 Å². The zero-order chi connectivity index (χ0) is 11.7. The minimum atomic E-state index is -0.602. The van der Waals surface area contributed by atoms with Crippen LogP contribution in [0.5, 0.6) is 0 Å². The van der Waals surface area contributed by atoms with Crippen molar-refractivity contribution >= 4 is 23.9 Å². The summed E-state index contributed by atoms with van der Waals surface area (Å²) in [6.45, 7) is 1.33. The third-order valence-corrected chi connectivity index (χ3v) is 3.00. The van der Waals surface area contributed by atoms with E-state index in [-0.39, 0.29) is 17.6 Å². The molecule has 5 N–H and O–H groups in total. The smallest absolute Gasteiger partial charge is 0.268 e. The Labute approximate surface area is 97.6 Å². The van der Waals surface area contributed by atoms with Crippen LogP contribution in [0.2, 0.25) is 0 Å². The van der Waals surface area contributed by atoms with Crippen LogP contribution < -0.4 is 11.5 Å². The largest absolute Gasteiger partial charge is 0.383 e. The highest BCUT2D eigenvalue weighted by atomic mass is 32.1. The molecule has 2 rings (SSSR count). The zero-order valence-corrected chi connectivity index (χ0v) is 9.55. The molecule has 0 spiro atoms. The first kappa shape index (κ1) is 11.2. The average Bonchev–Trinajstić information content (AvgIpc) is 2.81. The molecule has 88 valence electrons. The lowest BCUT2D eigenvalue weighted by Crippen LogP contribution is -2.18. The van der Waals surface area contributed by atoms with E-state index in [1.807, 2.05) is 0 Å². The maximum atomic E-state index is 11.0. The van der Waals surface area contributed by atoms with Crippen molar-refractivity contribution in [3.8, 4) is 0 Å². The number of aromatic amines is 1. The van der Waals surface area contributed by atoms with Crippen molar-refractivity contribution in [2.45, 2.75) is 25.5 Å². The van der Waals surface area contributed by atoms with Gasteiger partial charge in [-0.15, -0.1) is 0 Å². The van der Waals surface area contributed by atoms with E-state index in [4.69, 9.17) is 28.4 Å². The predicted octanol–water partition coefficient (Wildman–Crippen LogP) is 0.406. The normalized spacial score (nSPS) is 20.1. The van der Waals surface area contributed by atoms with Crippen molar-refractivity contribution in [3.05, 3.63) is 10.5 Å². The number of ether oxygens (including phenoxy) is 1. The van der Waals surface area contributed by atoms with Crippen molar-refractivity contribution in [2.24, 2.45) is 5.73 Å². The molecule has 1 amide bonds. The number of nitrogens with one attached hydrogen (secondary N) is 1. The lowest BCUT2D eigenvalue weighted by molar-refractivity contribution is 0.0967. The second-order valence-corrected chi connectivity index (χ2v) is 4.19. The van der Waals surface area contributed by atoms with Gasteiger partial charge in [0.1, 0.15) is 11.5 Å². The van der Waals surface area contributed by atoms with Gasteiger partial charge in [0.25, 0.3) is 5.91 Å². The number of hydrogen-bond acceptors (Lipinski definition) is 4. The number of carbonyl (C=O) groups excluding carboxylic acids is 1. The lowest BCUT2D eigenvalue weighted by Gasteiger charge is -2.11. The number of primary amides is 1. The topological polar surface area (TPSA) is 99.1 Å². The van der Waals surface area contributed by atoms with Crippen LogP contribution >= 0.6 is 12.2 Å². The van der Waals surface area contributed by atoms with Crippen molar-refractivity contribution in [1.82, 2.24) is 9.55 Å². The number of amides is 1. The van der Waals surface area contributed by atoms with E-state index in [1.165, 1.54) is 0 Å². The molecule has 0 unspecified atom stereocenters. The summed E-state index contributed by atoms with van der Waals surface area (Å²) in [4.78, 5) is 13.8. The second kappa shape index (κ2) is 4.26. The fourth-order valence-electron chi connectivity index (χ4n) is 1.84. The SMILES string of the molecule is NC(=O)c1[nH]c(=S)n(C[C@H]2CCCO2)c1N. The van der Waals surface area contributed by atoms with Gasteiger partial charge in [0, 0.05) is 6.61 Å². The minimum absolute atomic E-state index is 0.116. The van der Waals surface area contributed by atoms with Crippen LogP contribution in [0.1, 0.15) is 23.3 Å². The summed E-state index contributed by atoms with van der Waals surface area (Å²) in [7, 11) is 0. The number of imidazole rings is 1. The fourth-order valence-corrected chi connectivity index (χ4v) is 2.12. The molecule has 0 aliphatic carbocycles. The number of H-pyrrole nitrogens is 1. The highest BCUT2D eigenvalue weighted by Crippen LogP contribution is 2.18. The zero-order valence-electron chi connectivity index (χ0n) is 8.73. The molecule has 1 saturated heterocycles. The summed E-state index contributed by atoms with van der Waals surface area (Å²) < 4.78 is 7.55. The number of hydrogen-bond donors (Lipinski definition) is 3. The van der Waals surface area contributed by atoms with E-state index < -0.39 is 5.91 Å². The highest BCUT2D eigenvalue weighted by molar-refractivity contribution is 7.71. The minimum Gasteiger partial charge on any atom is -0.383 e. The average molecular weight is 242 g/mol. The fraction of sp³-hybridized carbons (Fsp3) is 0.556. The molecule has 1 aliphatic heterocycles. The van der Waals surface area contributed by atoms with E-state index in [0.717, 1.165) is 19.4 Å². The van der Waals surface area contributed by atoms with Crippen LogP contribution in [0.3, 0.4) is 0 Å². The molecule has 2 heterocycles. The standard InChI is InChI=1S/C9H14N4O2S/c10-7-6(8(11)14)12-9(16)13(7)4-5-2-1-3-15-5/h5H,1-4,10H2,(H2,11,14)(H,12,16)/t5-/m1/s1. The third-order valence-electron chi connectivity index (χ3n) is 2.68. The Morgan fingerprint density at radius 3 is 2.94 bits per heavy atom. The Kier molecular flexibility index (Phi) is 2.97. The number of rotatable bonds is 3. The lowest BCUT2D eigenvalue weighted by atomic mass is 10.2. The van der Waals surface area contributed by atoms with Gasteiger partial charge in [0.2, 0.25) is 0 Å². The first-order valence-corrected chi connectivity index (χ1v) is 5.50. The van der Waals surface area contributed by atoms with E-state index >= 15 is 0 Å². The maximum Gasteiger partial charge on any atom is 0.268 e. The summed E-state index contributed by atoms with van der Waals surface area (Å²) in [5.41, 5.74) is 11.1. The van der Waals surface area contributed by atoms with E-state index in [2.05, 4.69) is 4.98 Å². The number of nitrogens with two attached hydrogens (primary N) is 2. The summed E-state index contributed by atoms with van der Waals surface area (Å²) in [5.74, 6) is -0.317. The monoisotopic (exact) mass is 242 g/mol. The van der Waals surface area contributed by atoms with Crippen molar-refractivity contribution in [3.63, 3.8) is 0 Å². The van der Waals surface area contributed by atoms with Gasteiger partial charge >= 0.3 is 0 Å². The van der Waals surface area contributed by atoms with E-state index in [0.29, 0.717) is 11.3 Å². The van der Waals surface area contributed by atoms with Crippen molar-refractivity contribution in [2.75, 3.05) is 12.3 Å². The second-order valence-electron chi connectivity index (χ2n) is 3.80. The van der Waals surface area contributed by atoms with E-state index in [9.17, 15) is 4.79 Å².